The van der Waals surface area contributed by atoms with E-state index in [0.29, 0.717) is 34.0 Å². The molecule has 3 aromatic heterocycles. The molecule has 0 aliphatic rings. The second kappa shape index (κ2) is 8.07. The third-order valence-electron chi connectivity index (χ3n) is 4.30. The van der Waals surface area contributed by atoms with Crippen LogP contribution < -0.4 is 9.64 Å². The van der Waals surface area contributed by atoms with Gasteiger partial charge in [-0.15, -0.1) is 0 Å². The van der Waals surface area contributed by atoms with Crippen LogP contribution in [0.4, 0.5) is 11.5 Å². The Morgan fingerprint density at radius 3 is 2.72 bits per heavy atom. The molecule has 29 heavy (non-hydrogen) atoms. The zero-order chi connectivity index (χ0) is 20.4. The highest BCUT2D eigenvalue weighted by Gasteiger charge is 2.19. The Balaban J connectivity index is 1.87. The number of fused-ring (bicyclic) bond motifs is 1. The predicted octanol–water partition coefficient (Wildman–Crippen LogP) is 4.76. The van der Waals surface area contributed by atoms with Gasteiger partial charge in [-0.1, -0.05) is 29.8 Å². The molecule has 0 N–H and O–H groups in total. The van der Waals surface area contributed by atoms with Gasteiger partial charge in [0.1, 0.15) is 22.2 Å². The Kier molecular flexibility index (Phi) is 5.34. The predicted molar refractivity (Wildman–Crippen MR) is 113 cm³/mol. The summed E-state index contributed by atoms with van der Waals surface area (Å²) in [6.07, 6.45) is 1.47. The van der Waals surface area contributed by atoms with Crippen molar-refractivity contribution in [2.75, 3.05) is 12.0 Å². The number of aromatic nitrogens is 4. The molecule has 0 saturated heterocycles. The second-order valence-electron chi connectivity index (χ2n) is 6.10. The molecule has 0 saturated carbocycles. The number of methoxy groups -OCH3 is 1. The maximum atomic E-state index is 9.34. The molecule has 0 aliphatic carbocycles. The van der Waals surface area contributed by atoms with E-state index in [4.69, 9.17) is 16.3 Å². The van der Waals surface area contributed by atoms with Crippen LogP contribution >= 0.6 is 27.5 Å². The first-order valence-corrected chi connectivity index (χ1v) is 9.73. The van der Waals surface area contributed by atoms with Crippen LogP contribution in [-0.2, 0) is 6.54 Å². The standard InChI is InChI=1S/C20H14BrClN6O/c1-29-15-7-5-13(6-8-15)12-27(19-4-2-3-17(21)25-19)16-9-18(22)26-28-14(10-23)11-24-20(16)28/h2-9,11H,12H2,1H3. The lowest BCUT2D eigenvalue weighted by Gasteiger charge is -2.24. The highest BCUT2D eigenvalue weighted by atomic mass is 79.9. The zero-order valence-electron chi connectivity index (χ0n) is 15.3. The van der Waals surface area contributed by atoms with Crippen LogP contribution in [0.2, 0.25) is 5.15 Å². The van der Waals surface area contributed by atoms with Crippen LogP contribution in [0.5, 0.6) is 5.75 Å². The third kappa shape index (κ3) is 3.88. The summed E-state index contributed by atoms with van der Waals surface area (Å²) < 4.78 is 7.39. The van der Waals surface area contributed by atoms with E-state index in [9.17, 15) is 5.26 Å². The SMILES string of the molecule is COc1ccc(CN(c2cccc(Br)n2)c2cc(Cl)nn3c(C#N)cnc23)cc1. The molecule has 4 aromatic rings. The monoisotopic (exact) mass is 468 g/mol. The molecule has 3 heterocycles. The number of hydrogen-bond acceptors (Lipinski definition) is 6. The minimum absolute atomic E-state index is 0.247. The summed E-state index contributed by atoms with van der Waals surface area (Å²) >= 11 is 9.70. The third-order valence-corrected chi connectivity index (χ3v) is 4.93. The minimum atomic E-state index is 0.247. The number of benzene rings is 1. The number of hydrogen-bond donors (Lipinski definition) is 0. The number of ether oxygens (including phenoxy) is 1. The maximum absolute atomic E-state index is 9.34. The molecule has 0 spiro atoms. The first-order chi connectivity index (χ1) is 14.1. The average Bonchev–Trinajstić information content (AvgIpc) is 3.14. The van der Waals surface area contributed by atoms with Crippen molar-refractivity contribution < 1.29 is 4.74 Å². The van der Waals surface area contributed by atoms with Gasteiger partial charge in [0.2, 0.25) is 0 Å². The summed E-state index contributed by atoms with van der Waals surface area (Å²) in [5.74, 6) is 1.48. The molecule has 0 unspecified atom stereocenters. The smallest absolute Gasteiger partial charge is 0.179 e. The number of pyridine rings is 1. The molecule has 144 valence electrons. The topological polar surface area (TPSA) is 79.3 Å². The van der Waals surface area contributed by atoms with E-state index in [1.54, 1.807) is 13.2 Å². The molecule has 0 aliphatic heterocycles. The fraction of sp³-hybridized carbons (Fsp3) is 0.100. The van der Waals surface area contributed by atoms with Gasteiger partial charge in [-0.3, -0.25) is 0 Å². The van der Waals surface area contributed by atoms with E-state index in [0.717, 1.165) is 11.3 Å². The Hall–Kier alpha value is -3.15. The van der Waals surface area contributed by atoms with Crippen molar-refractivity contribution in [1.29, 1.82) is 5.26 Å². The van der Waals surface area contributed by atoms with Crippen molar-refractivity contribution in [2.45, 2.75) is 6.54 Å². The van der Waals surface area contributed by atoms with Gasteiger partial charge in [0.05, 0.1) is 19.0 Å². The highest BCUT2D eigenvalue weighted by molar-refractivity contribution is 9.10. The van der Waals surface area contributed by atoms with Gasteiger partial charge in [-0.05, 0) is 45.8 Å². The van der Waals surface area contributed by atoms with Crippen molar-refractivity contribution in [3.63, 3.8) is 0 Å². The van der Waals surface area contributed by atoms with E-state index < -0.39 is 0 Å². The van der Waals surface area contributed by atoms with Crippen LogP contribution in [0.1, 0.15) is 11.3 Å². The van der Waals surface area contributed by atoms with Gasteiger partial charge in [0, 0.05) is 12.6 Å². The average molecular weight is 470 g/mol. The van der Waals surface area contributed by atoms with E-state index >= 15 is 0 Å². The fourth-order valence-electron chi connectivity index (χ4n) is 2.95. The first-order valence-electron chi connectivity index (χ1n) is 8.56. The molecule has 0 amide bonds. The van der Waals surface area contributed by atoms with Crippen molar-refractivity contribution in [3.05, 3.63) is 75.7 Å². The largest absolute Gasteiger partial charge is 0.497 e. The second-order valence-corrected chi connectivity index (χ2v) is 7.30. The van der Waals surface area contributed by atoms with E-state index in [1.807, 2.05) is 47.4 Å². The number of nitriles is 1. The van der Waals surface area contributed by atoms with Crippen LogP contribution in [-0.4, -0.2) is 26.7 Å². The maximum Gasteiger partial charge on any atom is 0.179 e. The van der Waals surface area contributed by atoms with Crippen molar-refractivity contribution in [2.24, 2.45) is 0 Å². The summed E-state index contributed by atoms with van der Waals surface area (Å²) in [6, 6.07) is 17.2. The first kappa shape index (κ1) is 19.2. The van der Waals surface area contributed by atoms with E-state index in [1.165, 1.54) is 10.7 Å². The van der Waals surface area contributed by atoms with Crippen LogP contribution in [0, 0.1) is 11.3 Å². The Morgan fingerprint density at radius 1 is 1.24 bits per heavy atom. The molecule has 0 radical (unpaired) electrons. The van der Waals surface area contributed by atoms with Crippen molar-refractivity contribution in [1.82, 2.24) is 19.6 Å². The van der Waals surface area contributed by atoms with Crippen LogP contribution in [0.3, 0.4) is 0 Å². The molecule has 0 bridgehead atoms. The quantitative estimate of drug-likeness (QED) is 0.392. The summed E-state index contributed by atoms with van der Waals surface area (Å²) in [4.78, 5) is 11.0. The Morgan fingerprint density at radius 2 is 2.03 bits per heavy atom. The Bertz CT molecular complexity index is 1220. The van der Waals surface area contributed by atoms with E-state index in [-0.39, 0.29) is 5.15 Å². The molecule has 4 rings (SSSR count). The molecule has 9 heteroatoms. The van der Waals surface area contributed by atoms with Crippen molar-refractivity contribution in [3.8, 4) is 11.8 Å². The zero-order valence-corrected chi connectivity index (χ0v) is 17.6. The number of nitrogens with zero attached hydrogens (tertiary/aromatic N) is 6. The molecular formula is C20H14BrClN6O. The summed E-state index contributed by atoms with van der Waals surface area (Å²) in [5, 5.41) is 13.8. The van der Waals surface area contributed by atoms with Gasteiger partial charge < -0.3 is 9.64 Å². The van der Waals surface area contributed by atoms with Gasteiger partial charge in [0.25, 0.3) is 0 Å². The van der Waals surface area contributed by atoms with Crippen LogP contribution in [0.15, 0.2) is 59.3 Å². The lowest BCUT2D eigenvalue weighted by atomic mass is 10.2. The van der Waals surface area contributed by atoms with E-state index in [2.05, 4.69) is 37.1 Å². The van der Waals surface area contributed by atoms with Gasteiger partial charge in [0.15, 0.2) is 16.5 Å². The van der Waals surface area contributed by atoms with Gasteiger partial charge in [-0.2, -0.15) is 14.9 Å². The van der Waals surface area contributed by atoms with Gasteiger partial charge in [-0.25, -0.2) is 9.97 Å². The number of imidazole rings is 1. The normalized spacial score (nSPS) is 10.7. The van der Waals surface area contributed by atoms with Crippen molar-refractivity contribution >= 4 is 44.7 Å². The number of anilines is 2. The minimum Gasteiger partial charge on any atom is -0.497 e. The summed E-state index contributed by atoms with van der Waals surface area (Å²) in [5.41, 5.74) is 2.54. The van der Waals surface area contributed by atoms with Gasteiger partial charge >= 0.3 is 0 Å². The lowest BCUT2D eigenvalue weighted by molar-refractivity contribution is 0.414. The molecular weight excluding hydrogens is 456 g/mol. The molecule has 0 atom stereocenters. The summed E-state index contributed by atoms with van der Waals surface area (Å²) in [7, 11) is 1.63. The molecule has 1 aromatic carbocycles. The Labute approximate surface area is 180 Å². The molecule has 7 nitrogen and oxygen atoms in total. The summed E-state index contributed by atoms with van der Waals surface area (Å²) in [6.45, 7) is 0.498. The number of halogens is 2. The molecule has 0 fully saturated rings. The highest BCUT2D eigenvalue weighted by Crippen LogP contribution is 2.32. The van der Waals surface area contributed by atoms with Crippen LogP contribution in [0.25, 0.3) is 5.65 Å². The number of rotatable bonds is 5. The fourth-order valence-corrected chi connectivity index (χ4v) is 3.46. The lowest BCUT2D eigenvalue weighted by Crippen LogP contribution is -2.19.